The van der Waals surface area contributed by atoms with Crippen molar-refractivity contribution in [2.24, 2.45) is 0 Å². The Morgan fingerprint density at radius 3 is 3.04 bits per heavy atom. The van der Waals surface area contributed by atoms with Gasteiger partial charge in [0.05, 0.1) is 22.7 Å². The molecule has 2 heterocycles. The van der Waals surface area contributed by atoms with Crippen molar-refractivity contribution in [2.45, 2.75) is 32.4 Å². The molecule has 1 fully saturated rings. The Morgan fingerprint density at radius 2 is 2.19 bits per heavy atom. The Bertz CT molecular complexity index is 993. The van der Waals surface area contributed by atoms with Crippen molar-refractivity contribution in [2.75, 3.05) is 13.1 Å². The van der Waals surface area contributed by atoms with E-state index in [0.717, 1.165) is 22.2 Å². The lowest BCUT2D eigenvalue weighted by Crippen LogP contribution is -2.24. The van der Waals surface area contributed by atoms with E-state index in [9.17, 15) is 4.39 Å². The van der Waals surface area contributed by atoms with Crippen LogP contribution in [0.4, 0.5) is 4.39 Å². The van der Waals surface area contributed by atoms with Gasteiger partial charge in [0, 0.05) is 19.6 Å². The van der Waals surface area contributed by atoms with E-state index in [1.54, 1.807) is 6.07 Å². The molecule has 6 heteroatoms. The van der Waals surface area contributed by atoms with Crippen LogP contribution in [0.5, 0.6) is 0 Å². The SMILES string of the molecule is Cc1ccc2nc(CO[C@H]3CN(Cc4cccc(C#N)c4)C[C@H]3F)[nH]c2c1. The van der Waals surface area contributed by atoms with Gasteiger partial charge in [-0.05, 0) is 42.3 Å². The summed E-state index contributed by atoms with van der Waals surface area (Å²) >= 11 is 0. The molecule has 1 N–H and O–H groups in total. The molecular formula is C21H21FN4O. The minimum absolute atomic E-state index is 0.260. The summed E-state index contributed by atoms with van der Waals surface area (Å²) in [5.74, 6) is 0.711. The summed E-state index contributed by atoms with van der Waals surface area (Å²) < 4.78 is 20.2. The van der Waals surface area contributed by atoms with E-state index in [4.69, 9.17) is 10.00 Å². The number of hydrogen-bond acceptors (Lipinski definition) is 4. The molecule has 0 unspecified atom stereocenters. The molecule has 4 rings (SSSR count). The van der Waals surface area contributed by atoms with Gasteiger partial charge >= 0.3 is 0 Å². The zero-order chi connectivity index (χ0) is 18.8. The Hall–Kier alpha value is -2.75. The summed E-state index contributed by atoms with van der Waals surface area (Å²) in [7, 11) is 0. The molecule has 1 aromatic heterocycles. The maximum absolute atomic E-state index is 14.4. The van der Waals surface area contributed by atoms with Crippen LogP contribution < -0.4 is 0 Å². The predicted octanol–water partition coefficient (Wildman–Crippen LogP) is 3.48. The van der Waals surface area contributed by atoms with Crippen LogP contribution in [0.15, 0.2) is 42.5 Å². The third-order valence-corrected chi connectivity index (χ3v) is 4.86. The highest BCUT2D eigenvalue weighted by molar-refractivity contribution is 5.75. The number of fused-ring (bicyclic) bond motifs is 1. The second-order valence-corrected chi connectivity index (χ2v) is 7.08. The number of aromatic nitrogens is 2. The highest BCUT2D eigenvalue weighted by Crippen LogP contribution is 2.21. The first-order chi connectivity index (χ1) is 13.1. The lowest BCUT2D eigenvalue weighted by atomic mass is 10.1. The van der Waals surface area contributed by atoms with Gasteiger partial charge in [0.2, 0.25) is 0 Å². The summed E-state index contributed by atoms with van der Waals surface area (Å²) in [5.41, 5.74) is 4.65. The van der Waals surface area contributed by atoms with Crippen LogP contribution in [0.3, 0.4) is 0 Å². The van der Waals surface area contributed by atoms with Crippen molar-refractivity contribution in [3.05, 3.63) is 65.0 Å². The molecule has 2 aromatic carbocycles. The molecule has 1 aliphatic rings. The molecule has 5 nitrogen and oxygen atoms in total. The van der Waals surface area contributed by atoms with Gasteiger partial charge in [-0.25, -0.2) is 9.37 Å². The fourth-order valence-electron chi connectivity index (χ4n) is 3.52. The highest BCUT2D eigenvalue weighted by Gasteiger charge is 2.33. The molecule has 0 radical (unpaired) electrons. The third kappa shape index (κ3) is 4.00. The standard InChI is InChI=1S/C21H21FN4O/c1-14-5-6-18-19(7-14)25-21(24-18)13-27-20-12-26(11-17(20)22)10-16-4-2-3-15(8-16)9-23/h2-8,17,20H,10-13H2,1H3,(H,24,25)/t17-,20+/m1/s1. The zero-order valence-corrected chi connectivity index (χ0v) is 15.2. The van der Waals surface area contributed by atoms with E-state index in [1.165, 1.54) is 0 Å². The smallest absolute Gasteiger partial charge is 0.140 e. The van der Waals surface area contributed by atoms with Gasteiger partial charge in [-0.1, -0.05) is 18.2 Å². The molecule has 0 saturated carbocycles. The van der Waals surface area contributed by atoms with Gasteiger partial charge in [0.25, 0.3) is 0 Å². The zero-order valence-electron chi connectivity index (χ0n) is 15.2. The number of imidazole rings is 1. The van der Waals surface area contributed by atoms with E-state index in [2.05, 4.69) is 16.0 Å². The van der Waals surface area contributed by atoms with Crippen molar-refractivity contribution >= 4 is 11.0 Å². The number of benzene rings is 2. The van der Waals surface area contributed by atoms with Gasteiger partial charge in [-0.3, -0.25) is 4.90 Å². The van der Waals surface area contributed by atoms with Crippen LogP contribution in [0.2, 0.25) is 0 Å². The lowest BCUT2D eigenvalue weighted by molar-refractivity contribution is 0.00864. The maximum Gasteiger partial charge on any atom is 0.140 e. The number of rotatable bonds is 5. The summed E-state index contributed by atoms with van der Waals surface area (Å²) in [5, 5.41) is 9.00. The molecule has 3 aromatic rings. The molecule has 0 spiro atoms. The molecule has 1 saturated heterocycles. The third-order valence-electron chi connectivity index (χ3n) is 4.86. The number of likely N-dealkylation sites (tertiary alicyclic amines) is 1. The van der Waals surface area contributed by atoms with Gasteiger partial charge in [0.1, 0.15) is 24.7 Å². The summed E-state index contributed by atoms with van der Waals surface area (Å²) in [6.07, 6.45) is -1.50. The number of hydrogen-bond donors (Lipinski definition) is 1. The van der Waals surface area contributed by atoms with Crippen molar-refractivity contribution in [1.29, 1.82) is 5.26 Å². The first-order valence-corrected chi connectivity index (χ1v) is 9.03. The molecular weight excluding hydrogens is 343 g/mol. The largest absolute Gasteiger partial charge is 0.366 e. The maximum atomic E-state index is 14.4. The Morgan fingerprint density at radius 1 is 1.30 bits per heavy atom. The number of alkyl halides is 1. The van der Waals surface area contributed by atoms with Crippen LogP contribution >= 0.6 is 0 Å². The number of aromatic amines is 1. The summed E-state index contributed by atoms with van der Waals surface area (Å²) in [6.45, 7) is 3.76. The number of nitrogens with one attached hydrogen (secondary N) is 1. The lowest BCUT2D eigenvalue weighted by Gasteiger charge is -2.15. The molecule has 27 heavy (non-hydrogen) atoms. The topological polar surface area (TPSA) is 64.9 Å². The van der Waals surface area contributed by atoms with Crippen LogP contribution in [0.1, 0.15) is 22.5 Å². The average Bonchev–Trinajstić information content (AvgIpc) is 3.22. The van der Waals surface area contributed by atoms with E-state index in [-0.39, 0.29) is 6.61 Å². The number of nitrogens with zero attached hydrogens (tertiary/aromatic N) is 3. The van der Waals surface area contributed by atoms with Gasteiger partial charge in [-0.2, -0.15) is 5.26 Å². The minimum atomic E-state index is -1.03. The monoisotopic (exact) mass is 364 g/mol. The molecule has 0 amide bonds. The Kier molecular flexibility index (Phi) is 4.88. The second-order valence-electron chi connectivity index (χ2n) is 7.08. The molecule has 1 aliphatic heterocycles. The molecule has 138 valence electrons. The van der Waals surface area contributed by atoms with Crippen molar-refractivity contribution in [3.63, 3.8) is 0 Å². The minimum Gasteiger partial charge on any atom is -0.366 e. The molecule has 0 aliphatic carbocycles. The summed E-state index contributed by atoms with van der Waals surface area (Å²) in [4.78, 5) is 9.76. The highest BCUT2D eigenvalue weighted by atomic mass is 19.1. The fraction of sp³-hybridized carbons (Fsp3) is 0.333. The fourth-order valence-corrected chi connectivity index (χ4v) is 3.52. The Labute approximate surface area is 157 Å². The molecule has 0 bridgehead atoms. The van der Waals surface area contributed by atoms with E-state index < -0.39 is 12.3 Å². The number of ether oxygens (including phenoxy) is 1. The van der Waals surface area contributed by atoms with Crippen LogP contribution in [-0.4, -0.2) is 40.2 Å². The Balaban J connectivity index is 1.36. The van der Waals surface area contributed by atoms with Crippen LogP contribution in [0.25, 0.3) is 11.0 Å². The van der Waals surface area contributed by atoms with E-state index in [0.29, 0.717) is 31.0 Å². The van der Waals surface area contributed by atoms with Crippen molar-refractivity contribution < 1.29 is 9.13 Å². The summed E-state index contributed by atoms with van der Waals surface area (Å²) in [6, 6.07) is 15.6. The first-order valence-electron chi connectivity index (χ1n) is 9.03. The van der Waals surface area contributed by atoms with Gasteiger partial charge in [-0.15, -0.1) is 0 Å². The number of halogens is 1. The normalized spacial score (nSPS) is 20.2. The van der Waals surface area contributed by atoms with Gasteiger partial charge < -0.3 is 9.72 Å². The second kappa shape index (κ2) is 7.47. The number of aryl methyl sites for hydroxylation is 1. The average molecular weight is 364 g/mol. The predicted molar refractivity (Wildman–Crippen MR) is 101 cm³/mol. The van der Waals surface area contributed by atoms with Crippen molar-refractivity contribution in [3.8, 4) is 6.07 Å². The van der Waals surface area contributed by atoms with Crippen LogP contribution in [0, 0.1) is 18.3 Å². The molecule has 2 atom stereocenters. The van der Waals surface area contributed by atoms with E-state index >= 15 is 0 Å². The van der Waals surface area contributed by atoms with E-state index in [1.807, 2.05) is 48.2 Å². The van der Waals surface area contributed by atoms with Crippen LogP contribution in [-0.2, 0) is 17.9 Å². The van der Waals surface area contributed by atoms with Gasteiger partial charge in [0.15, 0.2) is 0 Å². The quantitative estimate of drug-likeness (QED) is 0.753. The number of nitriles is 1. The number of H-pyrrole nitrogens is 1. The first kappa shape index (κ1) is 17.7. The van der Waals surface area contributed by atoms with Crippen molar-refractivity contribution in [1.82, 2.24) is 14.9 Å².